The molecule has 0 atom stereocenters. The molecule has 2 nitrogen and oxygen atoms in total. The van der Waals surface area contributed by atoms with E-state index in [1.54, 1.807) is 12.3 Å². The topological polar surface area (TPSA) is 24.9 Å². The number of nitrogens with one attached hydrogen (secondary N) is 1. The molecule has 1 N–H and O–H groups in total. The van der Waals surface area contributed by atoms with Gasteiger partial charge in [-0.1, -0.05) is 36.2 Å². The van der Waals surface area contributed by atoms with Crippen LogP contribution in [0.25, 0.3) is 11.3 Å². The quantitative estimate of drug-likeness (QED) is 0.864. The lowest BCUT2D eigenvalue weighted by Gasteiger charge is -2.07. The van der Waals surface area contributed by atoms with Gasteiger partial charge in [0.15, 0.2) is 0 Å². The van der Waals surface area contributed by atoms with E-state index in [-0.39, 0.29) is 0 Å². The molecule has 0 spiro atoms. The summed E-state index contributed by atoms with van der Waals surface area (Å²) in [6, 6.07) is 9.49. The molecule has 1 aromatic carbocycles. The van der Waals surface area contributed by atoms with E-state index in [9.17, 15) is 0 Å². The number of halogens is 2. The van der Waals surface area contributed by atoms with Crippen molar-refractivity contribution in [1.29, 1.82) is 0 Å². The standard InChI is InChI=1S/C14H14Cl2N2/c1-2-6-17-11-5-7-18-14(9-11)10-3-4-12(15)13(16)8-10/h3-5,7-9H,2,6H2,1H3,(H,17,18). The van der Waals surface area contributed by atoms with E-state index in [1.165, 1.54) is 0 Å². The molecule has 4 heteroatoms. The molecule has 0 aliphatic rings. The Morgan fingerprint density at radius 2 is 1.94 bits per heavy atom. The molecule has 2 rings (SSSR count). The minimum atomic E-state index is 0.544. The van der Waals surface area contributed by atoms with Crippen molar-refractivity contribution < 1.29 is 0 Å². The van der Waals surface area contributed by atoms with E-state index in [1.807, 2.05) is 24.3 Å². The van der Waals surface area contributed by atoms with Crippen molar-refractivity contribution in [2.24, 2.45) is 0 Å². The fourth-order valence-electron chi connectivity index (χ4n) is 1.62. The molecule has 0 unspecified atom stereocenters. The van der Waals surface area contributed by atoms with Crippen LogP contribution < -0.4 is 5.32 Å². The fourth-order valence-corrected chi connectivity index (χ4v) is 1.92. The average Bonchev–Trinajstić information content (AvgIpc) is 2.40. The van der Waals surface area contributed by atoms with Crippen molar-refractivity contribution in [3.8, 4) is 11.3 Å². The van der Waals surface area contributed by atoms with Crippen LogP contribution in [-0.4, -0.2) is 11.5 Å². The molecule has 0 fully saturated rings. The van der Waals surface area contributed by atoms with Crippen LogP contribution in [0.2, 0.25) is 10.0 Å². The highest BCUT2D eigenvalue weighted by Crippen LogP contribution is 2.28. The maximum atomic E-state index is 6.01. The molecular weight excluding hydrogens is 267 g/mol. The van der Waals surface area contributed by atoms with Crippen molar-refractivity contribution in [1.82, 2.24) is 4.98 Å². The van der Waals surface area contributed by atoms with Crippen LogP contribution >= 0.6 is 23.2 Å². The largest absolute Gasteiger partial charge is 0.385 e. The van der Waals surface area contributed by atoms with Crippen molar-refractivity contribution in [3.05, 3.63) is 46.6 Å². The van der Waals surface area contributed by atoms with Gasteiger partial charge in [-0.2, -0.15) is 0 Å². The number of rotatable bonds is 4. The van der Waals surface area contributed by atoms with Crippen LogP contribution in [0.15, 0.2) is 36.5 Å². The van der Waals surface area contributed by atoms with Gasteiger partial charge in [0, 0.05) is 24.0 Å². The second kappa shape index (κ2) is 6.07. The molecule has 94 valence electrons. The number of benzene rings is 1. The first kappa shape index (κ1) is 13.2. The van der Waals surface area contributed by atoms with E-state index < -0.39 is 0 Å². The predicted molar refractivity (Wildman–Crippen MR) is 78.5 cm³/mol. The maximum Gasteiger partial charge on any atom is 0.0723 e. The van der Waals surface area contributed by atoms with E-state index in [0.29, 0.717) is 10.0 Å². The van der Waals surface area contributed by atoms with Gasteiger partial charge >= 0.3 is 0 Å². The summed E-state index contributed by atoms with van der Waals surface area (Å²) in [5, 5.41) is 4.43. The van der Waals surface area contributed by atoms with E-state index in [4.69, 9.17) is 23.2 Å². The van der Waals surface area contributed by atoms with E-state index >= 15 is 0 Å². The summed E-state index contributed by atoms with van der Waals surface area (Å²) >= 11 is 11.9. The van der Waals surface area contributed by atoms with Gasteiger partial charge in [0.05, 0.1) is 15.7 Å². The number of pyridine rings is 1. The molecule has 1 heterocycles. The summed E-state index contributed by atoms with van der Waals surface area (Å²) in [6.45, 7) is 3.08. The highest BCUT2D eigenvalue weighted by Gasteiger charge is 2.04. The first-order valence-electron chi connectivity index (χ1n) is 5.86. The second-order valence-corrected chi connectivity index (χ2v) is 4.80. The Morgan fingerprint density at radius 1 is 1.11 bits per heavy atom. The lowest BCUT2D eigenvalue weighted by atomic mass is 10.1. The van der Waals surface area contributed by atoms with Crippen molar-refractivity contribution in [2.75, 3.05) is 11.9 Å². The highest BCUT2D eigenvalue weighted by molar-refractivity contribution is 6.42. The first-order chi connectivity index (χ1) is 8.70. The van der Waals surface area contributed by atoms with E-state index in [2.05, 4.69) is 17.2 Å². The Balaban J connectivity index is 2.29. The highest BCUT2D eigenvalue weighted by atomic mass is 35.5. The smallest absolute Gasteiger partial charge is 0.0723 e. The van der Waals surface area contributed by atoms with Crippen LogP contribution in [0.5, 0.6) is 0 Å². The molecule has 0 radical (unpaired) electrons. The summed E-state index contributed by atoms with van der Waals surface area (Å²) in [4.78, 5) is 4.35. The first-order valence-corrected chi connectivity index (χ1v) is 6.61. The summed E-state index contributed by atoms with van der Waals surface area (Å²) < 4.78 is 0. The van der Waals surface area contributed by atoms with Crippen LogP contribution in [-0.2, 0) is 0 Å². The monoisotopic (exact) mass is 280 g/mol. The molecule has 18 heavy (non-hydrogen) atoms. The maximum absolute atomic E-state index is 6.01. The molecule has 2 aromatic rings. The summed E-state index contributed by atoms with van der Waals surface area (Å²) in [5.41, 5.74) is 2.91. The Hall–Kier alpha value is -1.25. The Bertz CT molecular complexity index is 541. The van der Waals surface area contributed by atoms with Gasteiger partial charge in [-0.05, 0) is 30.7 Å². The summed E-state index contributed by atoms with van der Waals surface area (Å²) in [6.07, 6.45) is 2.88. The van der Waals surface area contributed by atoms with Crippen molar-refractivity contribution >= 4 is 28.9 Å². The van der Waals surface area contributed by atoms with Crippen LogP contribution in [0.3, 0.4) is 0 Å². The zero-order chi connectivity index (χ0) is 13.0. The van der Waals surface area contributed by atoms with Crippen molar-refractivity contribution in [3.63, 3.8) is 0 Å². The Kier molecular flexibility index (Phi) is 4.45. The number of hydrogen-bond donors (Lipinski definition) is 1. The van der Waals surface area contributed by atoms with E-state index in [0.717, 1.165) is 29.9 Å². The minimum Gasteiger partial charge on any atom is -0.385 e. The number of aromatic nitrogens is 1. The number of nitrogens with zero attached hydrogens (tertiary/aromatic N) is 1. The van der Waals surface area contributed by atoms with Crippen LogP contribution in [0.4, 0.5) is 5.69 Å². The molecule has 0 amide bonds. The Morgan fingerprint density at radius 3 is 2.67 bits per heavy atom. The lowest BCUT2D eigenvalue weighted by Crippen LogP contribution is -1.99. The fraction of sp³-hybridized carbons (Fsp3) is 0.214. The molecule has 0 bridgehead atoms. The normalized spacial score (nSPS) is 10.4. The van der Waals surface area contributed by atoms with Gasteiger partial charge in [0.1, 0.15) is 0 Å². The minimum absolute atomic E-state index is 0.544. The number of hydrogen-bond acceptors (Lipinski definition) is 2. The third kappa shape index (κ3) is 3.15. The number of anilines is 1. The summed E-state index contributed by atoms with van der Waals surface area (Å²) in [7, 11) is 0. The van der Waals surface area contributed by atoms with Gasteiger partial charge in [0.25, 0.3) is 0 Å². The zero-order valence-electron chi connectivity index (χ0n) is 10.1. The molecule has 0 aliphatic carbocycles. The molecule has 0 saturated heterocycles. The van der Waals surface area contributed by atoms with Crippen LogP contribution in [0.1, 0.15) is 13.3 Å². The summed E-state index contributed by atoms with van der Waals surface area (Å²) in [5.74, 6) is 0. The zero-order valence-corrected chi connectivity index (χ0v) is 11.6. The van der Waals surface area contributed by atoms with Gasteiger partial charge in [-0.15, -0.1) is 0 Å². The molecular formula is C14H14Cl2N2. The second-order valence-electron chi connectivity index (χ2n) is 3.99. The molecule has 0 saturated carbocycles. The predicted octanol–water partition coefficient (Wildman–Crippen LogP) is 4.88. The van der Waals surface area contributed by atoms with Gasteiger partial charge in [0.2, 0.25) is 0 Å². The van der Waals surface area contributed by atoms with Gasteiger partial charge < -0.3 is 5.32 Å². The molecule has 1 aromatic heterocycles. The van der Waals surface area contributed by atoms with Gasteiger partial charge in [-0.3, -0.25) is 4.98 Å². The van der Waals surface area contributed by atoms with Crippen molar-refractivity contribution in [2.45, 2.75) is 13.3 Å². The third-order valence-electron chi connectivity index (χ3n) is 2.55. The van der Waals surface area contributed by atoms with Crippen LogP contribution in [0, 0.1) is 0 Å². The average molecular weight is 281 g/mol. The lowest BCUT2D eigenvalue weighted by molar-refractivity contribution is 0.979. The SMILES string of the molecule is CCCNc1ccnc(-c2ccc(Cl)c(Cl)c2)c1. The van der Waals surface area contributed by atoms with Gasteiger partial charge in [-0.25, -0.2) is 0 Å². The molecule has 0 aliphatic heterocycles. The third-order valence-corrected chi connectivity index (χ3v) is 3.29. The Labute approximate surface area is 117 Å².